The van der Waals surface area contributed by atoms with Gasteiger partial charge in [0.1, 0.15) is 6.04 Å². The maximum Gasteiger partial charge on any atom is 0.321 e. The van der Waals surface area contributed by atoms with Crippen molar-refractivity contribution in [3.05, 3.63) is 30.2 Å². The van der Waals surface area contributed by atoms with Crippen LogP contribution in [0.3, 0.4) is 0 Å². The molecule has 1 atom stereocenters. The average Bonchev–Trinajstić information content (AvgIpc) is 2.73. The van der Waals surface area contributed by atoms with E-state index in [-0.39, 0.29) is 11.8 Å². The summed E-state index contributed by atoms with van der Waals surface area (Å²) < 4.78 is 2.67. The van der Waals surface area contributed by atoms with Crippen LogP contribution in [0, 0.1) is 4.91 Å². The van der Waals surface area contributed by atoms with Crippen molar-refractivity contribution in [3.63, 3.8) is 0 Å². The minimum absolute atomic E-state index is 0.0261. The molecule has 1 aromatic heterocycles. The number of carbonyl (C=O) groups is 1. The number of aliphatic carboxylic acids is 1. The zero-order valence-corrected chi connectivity index (χ0v) is 16.9. The van der Waals surface area contributed by atoms with Gasteiger partial charge in [0, 0.05) is 54.5 Å². The summed E-state index contributed by atoms with van der Waals surface area (Å²) >= 11 is 0.707. The van der Waals surface area contributed by atoms with Gasteiger partial charge in [-0.2, -0.15) is 15.0 Å². The molecule has 0 aliphatic carbocycles. The first-order valence-electron chi connectivity index (χ1n) is 9.21. The normalized spacial score (nSPS) is 15.4. The third-order valence-electron chi connectivity index (χ3n) is 4.24. The first-order valence-corrected chi connectivity index (χ1v) is 10.2. The second-order valence-electron chi connectivity index (χ2n) is 6.31. The number of nitrogens with one attached hydrogen (secondary N) is 3. The maximum atomic E-state index is 11.3. The number of nitroso groups, excluding NO2 is 1. The topological polar surface area (TPSA) is 145 Å². The molecule has 0 bridgehead atoms. The zero-order valence-electron chi connectivity index (χ0n) is 16.1. The van der Waals surface area contributed by atoms with Crippen LogP contribution in [-0.4, -0.2) is 70.0 Å². The summed E-state index contributed by atoms with van der Waals surface area (Å²) in [5.74, 6) is 0.560. The Morgan fingerprint density at radius 2 is 1.79 bits per heavy atom. The number of nitrogens with zero attached hydrogens (tertiary/aromatic N) is 5. The van der Waals surface area contributed by atoms with E-state index in [1.54, 1.807) is 12.2 Å². The lowest BCUT2D eigenvalue weighted by Crippen LogP contribution is -2.50. The number of carboxylic acid groups (broad SMARTS) is 1. The summed E-state index contributed by atoms with van der Waals surface area (Å²) in [6.45, 7) is 9.73. The molecule has 2 heterocycles. The Hall–Kier alpha value is -2.73. The van der Waals surface area contributed by atoms with Gasteiger partial charge in [-0.15, -0.1) is 18.1 Å². The second-order valence-corrected chi connectivity index (χ2v) is 7.05. The first-order chi connectivity index (χ1) is 14.1. The van der Waals surface area contributed by atoms with E-state index in [2.05, 4.69) is 48.6 Å². The van der Waals surface area contributed by atoms with E-state index < -0.39 is 12.0 Å². The molecule has 1 aliphatic heterocycles. The third kappa shape index (κ3) is 7.31. The number of rotatable bonds is 13. The maximum absolute atomic E-state index is 11.3. The highest BCUT2D eigenvalue weighted by Gasteiger charge is 2.26. The molecule has 4 N–H and O–H groups in total. The van der Waals surface area contributed by atoms with Crippen LogP contribution in [0.15, 0.2) is 29.9 Å². The molecule has 2 rings (SSSR count). The van der Waals surface area contributed by atoms with E-state index in [1.807, 2.05) is 4.90 Å². The smallest absolute Gasteiger partial charge is 0.321 e. The molecule has 1 aliphatic rings. The van der Waals surface area contributed by atoms with Crippen molar-refractivity contribution >= 4 is 35.8 Å². The summed E-state index contributed by atoms with van der Waals surface area (Å²) in [5, 5.41) is 18.5. The Morgan fingerprint density at radius 3 is 2.28 bits per heavy atom. The predicted molar refractivity (Wildman–Crippen MR) is 115 cm³/mol. The minimum atomic E-state index is -0.989. The van der Waals surface area contributed by atoms with Crippen LogP contribution in [0.25, 0.3) is 0 Å². The molecule has 0 saturated carbocycles. The van der Waals surface area contributed by atoms with Crippen LogP contribution >= 0.6 is 11.9 Å². The monoisotopic (exact) mass is 422 g/mol. The van der Waals surface area contributed by atoms with Gasteiger partial charge in [-0.1, -0.05) is 12.2 Å². The van der Waals surface area contributed by atoms with Gasteiger partial charge in [0.15, 0.2) is 0 Å². The fraction of sp³-hybridized carbons (Fsp3) is 0.529. The van der Waals surface area contributed by atoms with E-state index >= 15 is 0 Å². The lowest BCUT2D eigenvalue weighted by molar-refractivity contribution is -0.139. The number of aromatic nitrogens is 3. The van der Waals surface area contributed by atoms with Crippen LogP contribution in [0.5, 0.6) is 0 Å². The summed E-state index contributed by atoms with van der Waals surface area (Å²) in [6.07, 6.45) is 4.88. The molecule has 12 heteroatoms. The molecule has 1 fully saturated rings. The first kappa shape index (κ1) is 22.6. The molecular formula is C17H26N8O3S. The summed E-state index contributed by atoms with van der Waals surface area (Å²) in [4.78, 5) is 36.9. The van der Waals surface area contributed by atoms with Gasteiger partial charge in [-0.05, 0) is 12.8 Å². The molecule has 0 aromatic carbocycles. The number of hydrogen-bond donors (Lipinski definition) is 4. The van der Waals surface area contributed by atoms with Gasteiger partial charge in [0.2, 0.25) is 17.8 Å². The predicted octanol–water partition coefficient (Wildman–Crippen LogP) is 1.49. The largest absolute Gasteiger partial charge is 0.480 e. The molecule has 11 nitrogen and oxygen atoms in total. The van der Waals surface area contributed by atoms with Crippen molar-refractivity contribution < 1.29 is 9.90 Å². The second kappa shape index (κ2) is 12.0. The molecule has 0 spiro atoms. The summed E-state index contributed by atoms with van der Waals surface area (Å²) in [6, 6.07) is -0.783. The highest BCUT2D eigenvalue weighted by Crippen LogP contribution is 2.20. The third-order valence-corrected chi connectivity index (χ3v) is 4.83. The van der Waals surface area contributed by atoms with Crippen LogP contribution < -0.4 is 20.9 Å². The van der Waals surface area contributed by atoms with Crippen molar-refractivity contribution in [3.8, 4) is 0 Å². The van der Waals surface area contributed by atoms with E-state index in [1.165, 1.54) is 0 Å². The van der Waals surface area contributed by atoms with Gasteiger partial charge in [-0.3, -0.25) is 4.79 Å². The molecule has 1 aromatic rings. The highest BCUT2D eigenvalue weighted by atomic mass is 32.2. The standard InChI is InChI=1S/C17H26N8O3S/c1-3-7-18-15-21-16(19-8-4-2)23-17(22-15)25-9-5-12(6-10-25)20-13(14(26)27)11-29-24-28/h3-4,12-13,20H,1-2,5-11H2,(H,26,27)(H2,18,19,21,22,23)/t13-/m1/s1. The van der Waals surface area contributed by atoms with E-state index in [0.29, 0.717) is 56.0 Å². The fourth-order valence-corrected chi connectivity index (χ4v) is 3.27. The Balaban J connectivity index is 2.01. The van der Waals surface area contributed by atoms with Gasteiger partial charge in [0.05, 0.1) is 0 Å². The molecular weight excluding hydrogens is 396 g/mol. The summed E-state index contributed by atoms with van der Waals surface area (Å²) in [5.41, 5.74) is 0. The van der Waals surface area contributed by atoms with Crippen molar-refractivity contribution in [2.24, 2.45) is 4.58 Å². The van der Waals surface area contributed by atoms with Crippen LogP contribution in [-0.2, 0) is 4.79 Å². The minimum Gasteiger partial charge on any atom is -0.480 e. The van der Waals surface area contributed by atoms with Gasteiger partial charge in [-0.25, -0.2) is 0 Å². The van der Waals surface area contributed by atoms with Crippen molar-refractivity contribution in [2.75, 3.05) is 47.5 Å². The molecule has 0 amide bonds. The number of piperidine rings is 1. The molecule has 29 heavy (non-hydrogen) atoms. The Kier molecular flexibility index (Phi) is 9.31. The molecule has 0 radical (unpaired) electrons. The number of carboxylic acids is 1. The Labute approximate surface area is 173 Å². The van der Waals surface area contributed by atoms with E-state index in [0.717, 1.165) is 12.8 Å². The molecule has 0 unspecified atom stereocenters. The molecule has 158 valence electrons. The lowest BCUT2D eigenvalue weighted by atomic mass is 10.0. The zero-order chi connectivity index (χ0) is 21.1. The van der Waals surface area contributed by atoms with E-state index in [4.69, 9.17) is 0 Å². The van der Waals surface area contributed by atoms with Crippen molar-refractivity contribution in [2.45, 2.75) is 24.9 Å². The lowest BCUT2D eigenvalue weighted by Gasteiger charge is -2.33. The quantitative estimate of drug-likeness (QED) is 0.208. The van der Waals surface area contributed by atoms with Gasteiger partial charge in [0.25, 0.3) is 0 Å². The summed E-state index contributed by atoms with van der Waals surface area (Å²) in [7, 11) is 0. The number of anilines is 3. The average molecular weight is 423 g/mol. The number of hydrogen-bond acceptors (Lipinski definition) is 11. The van der Waals surface area contributed by atoms with Gasteiger partial charge >= 0.3 is 5.97 Å². The Morgan fingerprint density at radius 1 is 1.21 bits per heavy atom. The van der Waals surface area contributed by atoms with E-state index in [9.17, 15) is 14.8 Å². The fourth-order valence-electron chi connectivity index (χ4n) is 2.82. The molecule has 1 saturated heterocycles. The highest BCUT2D eigenvalue weighted by molar-refractivity contribution is 7.97. The van der Waals surface area contributed by atoms with Crippen LogP contribution in [0.1, 0.15) is 12.8 Å². The van der Waals surface area contributed by atoms with Crippen LogP contribution in [0.2, 0.25) is 0 Å². The van der Waals surface area contributed by atoms with Crippen LogP contribution in [0.4, 0.5) is 17.8 Å². The van der Waals surface area contributed by atoms with Crippen molar-refractivity contribution in [1.29, 1.82) is 0 Å². The SMILES string of the molecule is C=CCNc1nc(NCC=C)nc(N2CCC(N[C@H](CSN=O)C(=O)O)CC2)n1. The Bertz CT molecular complexity index is 682. The van der Waals surface area contributed by atoms with Crippen molar-refractivity contribution in [1.82, 2.24) is 20.3 Å². The van der Waals surface area contributed by atoms with Gasteiger partial charge < -0.3 is 26.0 Å².